The number of nitrogens with zero attached hydrogens (tertiary/aromatic N) is 3. The van der Waals surface area contributed by atoms with Crippen molar-refractivity contribution in [2.24, 2.45) is 5.92 Å². The summed E-state index contributed by atoms with van der Waals surface area (Å²) in [5.41, 5.74) is 1.86. The van der Waals surface area contributed by atoms with Gasteiger partial charge in [-0.15, -0.1) is 10.2 Å². The minimum absolute atomic E-state index is 0.00417. The van der Waals surface area contributed by atoms with Crippen molar-refractivity contribution in [3.8, 4) is 17.1 Å². The lowest BCUT2D eigenvalue weighted by Crippen LogP contribution is -2.41. The van der Waals surface area contributed by atoms with Crippen molar-refractivity contribution in [3.05, 3.63) is 42.5 Å². The van der Waals surface area contributed by atoms with Gasteiger partial charge in [0.05, 0.1) is 12.3 Å². The number of nitrogens with one attached hydrogen (secondary N) is 1. The Balaban J connectivity index is 1.49. The highest BCUT2D eigenvalue weighted by Gasteiger charge is 2.27. The van der Waals surface area contributed by atoms with Crippen molar-refractivity contribution in [2.75, 3.05) is 19.7 Å². The first-order chi connectivity index (χ1) is 12.1. The predicted molar refractivity (Wildman–Crippen MR) is 96.3 cm³/mol. The summed E-state index contributed by atoms with van der Waals surface area (Å²) >= 11 is 0. The Labute approximate surface area is 148 Å². The molecule has 25 heavy (non-hydrogen) atoms. The van der Waals surface area contributed by atoms with Gasteiger partial charge in [-0.1, -0.05) is 30.3 Å². The van der Waals surface area contributed by atoms with E-state index < -0.39 is 0 Å². The van der Waals surface area contributed by atoms with Crippen molar-refractivity contribution < 1.29 is 9.53 Å². The quantitative estimate of drug-likeness (QED) is 0.909. The molecule has 0 bridgehead atoms. The van der Waals surface area contributed by atoms with Gasteiger partial charge in [0.1, 0.15) is 0 Å². The Morgan fingerprint density at radius 2 is 2.04 bits per heavy atom. The van der Waals surface area contributed by atoms with Gasteiger partial charge in [-0.25, -0.2) is 4.79 Å². The van der Waals surface area contributed by atoms with Gasteiger partial charge in [0, 0.05) is 36.7 Å². The SMILES string of the molecule is CC(C)NC(=O)N1CCC(COc2ccc(-c3ccccc3)nn2)C1. The lowest BCUT2D eigenvalue weighted by atomic mass is 10.1. The molecule has 0 radical (unpaired) electrons. The van der Waals surface area contributed by atoms with Crippen LogP contribution in [0.3, 0.4) is 0 Å². The number of hydrogen-bond acceptors (Lipinski definition) is 4. The number of urea groups is 1. The van der Waals surface area contributed by atoms with Gasteiger partial charge < -0.3 is 15.0 Å². The van der Waals surface area contributed by atoms with Crippen molar-refractivity contribution in [1.29, 1.82) is 0 Å². The first-order valence-corrected chi connectivity index (χ1v) is 8.69. The van der Waals surface area contributed by atoms with Crippen molar-refractivity contribution in [1.82, 2.24) is 20.4 Å². The van der Waals surface area contributed by atoms with Crippen LogP contribution in [0.5, 0.6) is 5.88 Å². The van der Waals surface area contributed by atoms with E-state index >= 15 is 0 Å². The van der Waals surface area contributed by atoms with E-state index in [1.165, 1.54) is 0 Å². The summed E-state index contributed by atoms with van der Waals surface area (Å²) in [6, 6.07) is 13.8. The number of amides is 2. The number of aromatic nitrogens is 2. The van der Waals surface area contributed by atoms with Crippen LogP contribution in [0.25, 0.3) is 11.3 Å². The third-order valence-electron chi connectivity index (χ3n) is 4.16. The second kappa shape index (κ2) is 7.96. The van der Waals surface area contributed by atoms with Crippen LogP contribution in [0, 0.1) is 5.92 Å². The fourth-order valence-electron chi connectivity index (χ4n) is 2.85. The summed E-state index contributed by atoms with van der Waals surface area (Å²) in [7, 11) is 0. The molecule has 1 aromatic heterocycles. The molecule has 1 aliphatic rings. The molecule has 1 saturated heterocycles. The Hall–Kier alpha value is -2.63. The Kier molecular flexibility index (Phi) is 5.48. The Morgan fingerprint density at radius 1 is 1.24 bits per heavy atom. The standard InChI is InChI=1S/C19H24N4O2/c1-14(2)20-19(24)23-11-10-15(12-23)13-25-18-9-8-17(21-22-18)16-6-4-3-5-7-16/h3-9,14-15H,10-13H2,1-2H3,(H,20,24). The average molecular weight is 340 g/mol. The first kappa shape index (κ1) is 17.2. The van der Waals surface area contributed by atoms with Gasteiger partial charge in [0.2, 0.25) is 5.88 Å². The van der Waals surface area contributed by atoms with Crippen LogP contribution in [-0.2, 0) is 0 Å². The Bertz CT molecular complexity index is 688. The lowest BCUT2D eigenvalue weighted by molar-refractivity contribution is 0.198. The maximum atomic E-state index is 12.0. The van der Waals surface area contributed by atoms with E-state index in [-0.39, 0.29) is 12.1 Å². The lowest BCUT2D eigenvalue weighted by Gasteiger charge is -2.19. The molecule has 1 aliphatic heterocycles. The van der Waals surface area contributed by atoms with Crippen LogP contribution in [0.15, 0.2) is 42.5 Å². The van der Waals surface area contributed by atoms with Gasteiger partial charge in [-0.2, -0.15) is 0 Å². The molecule has 1 unspecified atom stereocenters. The van der Waals surface area contributed by atoms with Crippen LogP contribution < -0.4 is 10.1 Å². The first-order valence-electron chi connectivity index (χ1n) is 8.69. The number of likely N-dealkylation sites (tertiary alicyclic amines) is 1. The highest BCUT2D eigenvalue weighted by molar-refractivity contribution is 5.74. The molecule has 0 spiro atoms. The largest absolute Gasteiger partial charge is 0.476 e. The van der Waals surface area contributed by atoms with E-state index in [2.05, 4.69) is 15.5 Å². The van der Waals surface area contributed by atoms with E-state index in [0.717, 1.165) is 24.2 Å². The molecule has 1 fully saturated rings. The second-order valence-corrected chi connectivity index (χ2v) is 6.64. The smallest absolute Gasteiger partial charge is 0.317 e. The molecule has 2 heterocycles. The van der Waals surface area contributed by atoms with Gasteiger partial charge in [-0.05, 0) is 26.3 Å². The van der Waals surface area contributed by atoms with E-state index in [0.29, 0.717) is 24.9 Å². The zero-order chi connectivity index (χ0) is 17.6. The van der Waals surface area contributed by atoms with Gasteiger partial charge >= 0.3 is 6.03 Å². The second-order valence-electron chi connectivity index (χ2n) is 6.64. The van der Waals surface area contributed by atoms with E-state index in [9.17, 15) is 4.79 Å². The normalized spacial score (nSPS) is 16.9. The summed E-state index contributed by atoms with van der Waals surface area (Å²) in [6.45, 7) is 5.96. The predicted octanol–water partition coefficient (Wildman–Crippen LogP) is 2.96. The molecule has 132 valence electrons. The third-order valence-corrected chi connectivity index (χ3v) is 4.16. The zero-order valence-corrected chi connectivity index (χ0v) is 14.7. The maximum Gasteiger partial charge on any atom is 0.317 e. The van der Waals surface area contributed by atoms with Crippen molar-refractivity contribution in [2.45, 2.75) is 26.3 Å². The summed E-state index contributed by atoms with van der Waals surface area (Å²) in [5.74, 6) is 0.846. The van der Waals surface area contributed by atoms with Crippen LogP contribution in [0.4, 0.5) is 4.79 Å². The van der Waals surface area contributed by atoms with Crippen LogP contribution in [-0.4, -0.2) is 46.9 Å². The molecule has 1 atom stereocenters. The molecule has 1 aromatic carbocycles. The molecule has 6 heteroatoms. The van der Waals surface area contributed by atoms with E-state index in [1.54, 1.807) is 0 Å². The number of ether oxygens (including phenoxy) is 1. The number of rotatable bonds is 5. The van der Waals surface area contributed by atoms with Gasteiger partial charge in [0.15, 0.2) is 0 Å². The van der Waals surface area contributed by atoms with E-state index in [1.807, 2.05) is 61.2 Å². The highest BCUT2D eigenvalue weighted by Crippen LogP contribution is 2.20. The molecule has 0 aliphatic carbocycles. The fraction of sp³-hybridized carbons (Fsp3) is 0.421. The van der Waals surface area contributed by atoms with Crippen LogP contribution >= 0.6 is 0 Å². The molecule has 2 aromatic rings. The molecular weight excluding hydrogens is 316 g/mol. The summed E-state index contributed by atoms with van der Waals surface area (Å²) in [6.07, 6.45) is 0.945. The number of hydrogen-bond donors (Lipinski definition) is 1. The van der Waals surface area contributed by atoms with E-state index in [4.69, 9.17) is 4.74 Å². The van der Waals surface area contributed by atoms with Crippen LogP contribution in [0.2, 0.25) is 0 Å². The maximum absolute atomic E-state index is 12.0. The summed E-state index contributed by atoms with van der Waals surface area (Å²) < 4.78 is 5.76. The molecule has 3 rings (SSSR count). The number of carbonyl (C=O) groups is 1. The van der Waals surface area contributed by atoms with Crippen molar-refractivity contribution >= 4 is 6.03 Å². The molecular formula is C19H24N4O2. The number of benzene rings is 1. The average Bonchev–Trinajstić information content (AvgIpc) is 3.10. The summed E-state index contributed by atoms with van der Waals surface area (Å²) in [4.78, 5) is 13.8. The zero-order valence-electron chi connectivity index (χ0n) is 14.7. The van der Waals surface area contributed by atoms with Crippen molar-refractivity contribution in [3.63, 3.8) is 0 Å². The molecule has 6 nitrogen and oxygen atoms in total. The fourth-order valence-corrected chi connectivity index (χ4v) is 2.85. The molecule has 0 saturated carbocycles. The van der Waals surface area contributed by atoms with Crippen LogP contribution in [0.1, 0.15) is 20.3 Å². The minimum Gasteiger partial charge on any atom is -0.476 e. The van der Waals surface area contributed by atoms with Gasteiger partial charge in [0.25, 0.3) is 0 Å². The topological polar surface area (TPSA) is 67.4 Å². The number of carbonyl (C=O) groups excluding carboxylic acids is 1. The minimum atomic E-state index is 0.00417. The monoisotopic (exact) mass is 340 g/mol. The molecule has 2 amide bonds. The summed E-state index contributed by atoms with van der Waals surface area (Å²) in [5, 5.41) is 11.3. The third kappa shape index (κ3) is 4.68. The molecule has 1 N–H and O–H groups in total. The Morgan fingerprint density at radius 3 is 2.72 bits per heavy atom. The van der Waals surface area contributed by atoms with Gasteiger partial charge in [-0.3, -0.25) is 0 Å². The highest BCUT2D eigenvalue weighted by atomic mass is 16.5.